The average molecular weight is 197 g/mol. The third-order valence-corrected chi connectivity index (χ3v) is 1.92. The topological polar surface area (TPSA) is 21.3 Å². The highest BCUT2D eigenvalue weighted by molar-refractivity contribution is 4.95. The van der Waals surface area contributed by atoms with Crippen LogP contribution in [0.25, 0.3) is 0 Å². The van der Waals surface area contributed by atoms with Crippen LogP contribution in [-0.4, -0.2) is 25.3 Å². The van der Waals surface area contributed by atoms with Crippen LogP contribution in [-0.2, 0) is 4.74 Å². The van der Waals surface area contributed by atoms with Gasteiger partial charge in [0.05, 0.1) is 12.2 Å². The van der Waals surface area contributed by atoms with Crippen LogP contribution >= 0.6 is 0 Å². The molecule has 0 aromatic carbocycles. The van der Waals surface area contributed by atoms with Gasteiger partial charge in [0.2, 0.25) is 0 Å². The minimum Gasteiger partial charge on any atom is -0.374 e. The highest BCUT2D eigenvalue weighted by atomic mass is 16.5. The van der Waals surface area contributed by atoms with E-state index in [1.54, 1.807) is 0 Å². The predicted molar refractivity (Wildman–Crippen MR) is 61.2 cm³/mol. The van der Waals surface area contributed by atoms with Gasteiger partial charge < -0.3 is 10.1 Å². The molecule has 0 radical (unpaired) electrons. The molecule has 14 heavy (non-hydrogen) atoms. The maximum absolute atomic E-state index is 5.70. The van der Waals surface area contributed by atoms with Crippen LogP contribution in [0.3, 0.4) is 0 Å². The average Bonchev–Trinajstić information content (AvgIpc) is 2.09. The van der Waals surface area contributed by atoms with E-state index < -0.39 is 0 Å². The zero-order chi connectivity index (χ0) is 11.0. The van der Waals surface area contributed by atoms with E-state index in [9.17, 15) is 0 Å². The van der Waals surface area contributed by atoms with Crippen LogP contribution in [0, 0.1) is 11.8 Å². The highest BCUT2D eigenvalue weighted by Gasteiger charge is 2.13. The molecular weight excluding hydrogens is 174 g/mol. The minimum atomic E-state index is -0.0501. The van der Waals surface area contributed by atoms with Gasteiger partial charge >= 0.3 is 0 Å². The first kappa shape index (κ1) is 13.5. The van der Waals surface area contributed by atoms with Gasteiger partial charge in [-0.15, -0.1) is 11.8 Å². The van der Waals surface area contributed by atoms with E-state index in [4.69, 9.17) is 4.74 Å². The molecule has 0 heterocycles. The van der Waals surface area contributed by atoms with E-state index in [0.29, 0.717) is 6.04 Å². The summed E-state index contributed by atoms with van der Waals surface area (Å²) >= 11 is 0. The van der Waals surface area contributed by atoms with E-state index in [1.165, 1.54) is 0 Å². The molecule has 1 unspecified atom stereocenters. The van der Waals surface area contributed by atoms with Crippen molar-refractivity contribution in [2.75, 3.05) is 13.7 Å². The van der Waals surface area contributed by atoms with Crippen LogP contribution in [0.15, 0.2) is 0 Å². The molecular formula is C12H23NO. The van der Waals surface area contributed by atoms with Gasteiger partial charge in [0.15, 0.2) is 0 Å². The molecule has 1 atom stereocenters. The van der Waals surface area contributed by atoms with Crippen LogP contribution in [0.2, 0.25) is 0 Å². The maximum Gasteiger partial charge on any atom is 0.0626 e. The molecule has 0 aromatic rings. The molecule has 0 fully saturated rings. The summed E-state index contributed by atoms with van der Waals surface area (Å²) in [6.07, 6.45) is 1.99. The lowest BCUT2D eigenvalue weighted by molar-refractivity contribution is -0.0143. The molecule has 0 amide bonds. The maximum atomic E-state index is 5.70. The minimum absolute atomic E-state index is 0.0501. The van der Waals surface area contributed by atoms with E-state index in [2.05, 4.69) is 37.9 Å². The Labute approximate surface area is 88.4 Å². The fourth-order valence-electron chi connectivity index (χ4n) is 1.03. The van der Waals surface area contributed by atoms with Gasteiger partial charge in [0.1, 0.15) is 0 Å². The number of hydrogen-bond donors (Lipinski definition) is 1. The Morgan fingerprint density at radius 3 is 2.43 bits per heavy atom. The second-order valence-corrected chi connectivity index (χ2v) is 4.37. The van der Waals surface area contributed by atoms with E-state index in [0.717, 1.165) is 19.4 Å². The molecule has 2 nitrogen and oxygen atoms in total. The van der Waals surface area contributed by atoms with Gasteiger partial charge in [-0.3, -0.25) is 0 Å². The second-order valence-electron chi connectivity index (χ2n) is 4.37. The molecule has 0 spiro atoms. The largest absolute Gasteiger partial charge is 0.374 e. The van der Waals surface area contributed by atoms with Crippen molar-refractivity contribution in [1.29, 1.82) is 0 Å². The molecule has 0 rings (SSSR count). The first-order valence-electron chi connectivity index (χ1n) is 5.20. The Balaban J connectivity index is 3.72. The third-order valence-electron chi connectivity index (χ3n) is 1.92. The molecule has 0 saturated heterocycles. The highest BCUT2D eigenvalue weighted by Crippen LogP contribution is 2.08. The molecule has 0 bridgehead atoms. The van der Waals surface area contributed by atoms with Gasteiger partial charge in [-0.2, -0.15) is 0 Å². The van der Waals surface area contributed by atoms with Crippen molar-refractivity contribution in [3.05, 3.63) is 0 Å². The lowest BCUT2D eigenvalue weighted by Gasteiger charge is -2.23. The van der Waals surface area contributed by atoms with Crippen LogP contribution in [0.5, 0.6) is 0 Å². The smallest absolute Gasteiger partial charge is 0.0626 e. The molecule has 0 aliphatic carbocycles. The first-order chi connectivity index (χ1) is 6.49. The van der Waals surface area contributed by atoms with Crippen molar-refractivity contribution in [1.82, 2.24) is 5.32 Å². The van der Waals surface area contributed by atoms with Gasteiger partial charge in [0.25, 0.3) is 0 Å². The number of likely N-dealkylation sites (N-methyl/N-ethyl adjacent to an activating group) is 1. The number of rotatable bonds is 5. The summed E-state index contributed by atoms with van der Waals surface area (Å²) in [7, 11) is 1.97. The van der Waals surface area contributed by atoms with Gasteiger partial charge in [-0.05, 0) is 41.2 Å². The Bertz CT molecular complexity index is 195. The van der Waals surface area contributed by atoms with Crippen molar-refractivity contribution >= 4 is 0 Å². The summed E-state index contributed by atoms with van der Waals surface area (Å²) in [5.74, 6) is 5.97. The van der Waals surface area contributed by atoms with E-state index >= 15 is 0 Å². The summed E-state index contributed by atoms with van der Waals surface area (Å²) in [5.41, 5.74) is -0.0501. The van der Waals surface area contributed by atoms with Gasteiger partial charge in [-0.25, -0.2) is 0 Å². The molecule has 1 N–H and O–H groups in total. The van der Waals surface area contributed by atoms with Crippen LogP contribution in [0.4, 0.5) is 0 Å². The molecule has 82 valence electrons. The molecule has 2 heteroatoms. The monoisotopic (exact) mass is 197 g/mol. The summed E-state index contributed by atoms with van der Waals surface area (Å²) < 4.78 is 5.70. The third kappa shape index (κ3) is 8.10. The van der Waals surface area contributed by atoms with Crippen molar-refractivity contribution in [3.63, 3.8) is 0 Å². The summed E-state index contributed by atoms with van der Waals surface area (Å²) in [5, 5.41) is 3.24. The zero-order valence-electron chi connectivity index (χ0n) is 10.1. The van der Waals surface area contributed by atoms with Crippen LogP contribution in [0.1, 0.15) is 40.5 Å². The van der Waals surface area contributed by atoms with Crippen molar-refractivity contribution < 1.29 is 4.74 Å². The Morgan fingerprint density at radius 1 is 1.36 bits per heavy atom. The summed E-state index contributed by atoms with van der Waals surface area (Å²) in [6, 6.07) is 0.412. The zero-order valence-corrected chi connectivity index (χ0v) is 10.1. The molecule has 0 aliphatic heterocycles. The summed E-state index contributed by atoms with van der Waals surface area (Å²) in [4.78, 5) is 0. The SMILES string of the molecule is CC#CCCC(COC(C)(C)C)NC. The Morgan fingerprint density at radius 2 is 2.00 bits per heavy atom. The standard InChI is InChI=1S/C12H23NO/c1-6-7-8-9-11(13-5)10-14-12(2,3)4/h11,13H,8-10H2,1-5H3. The molecule has 0 saturated carbocycles. The Hall–Kier alpha value is -0.520. The van der Waals surface area contributed by atoms with Crippen LogP contribution < -0.4 is 5.32 Å². The first-order valence-corrected chi connectivity index (χ1v) is 5.20. The molecule has 0 aliphatic rings. The quantitative estimate of drug-likeness (QED) is 0.682. The van der Waals surface area contributed by atoms with Crippen molar-refractivity contribution in [2.45, 2.75) is 52.2 Å². The van der Waals surface area contributed by atoms with E-state index in [-0.39, 0.29) is 5.60 Å². The number of hydrogen-bond acceptors (Lipinski definition) is 2. The van der Waals surface area contributed by atoms with Gasteiger partial charge in [-0.1, -0.05) is 0 Å². The van der Waals surface area contributed by atoms with Gasteiger partial charge in [0, 0.05) is 12.5 Å². The Kier molecular flexibility index (Phi) is 6.61. The second kappa shape index (κ2) is 6.86. The van der Waals surface area contributed by atoms with Crippen molar-refractivity contribution in [3.8, 4) is 11.8 Å². The number of ether oxygens (including phenoxy) is 1. The predicted octanol–water partition coefficient (Wildman–Crippen LogP) is 2.19. The normalized spacial score (nSPS) is 13.2. The van der Waals surface area contributed by atoms with Crippen molar-refractivity contribution in [2.24, 2.45) is 0 Å². The lowest BCUT2D eigenvalue weighted by Crippen LogP contribution is -2.34. The van der Waals surface area contributed by atoms with E-state index in [1.807, 2.05) is 14.0 Å². The fraction of sp³-hybridized carbons (Fsp3) is 0.833. The summed E-state index contributed by atoms with van der Waals surface area (Å²) in [6.45, 7) is 8.86. The molecule has 0 aromatic heterocycles. The lowest BCUT2D eigenvalue weighted by atomic mass is 10.1. The fourth-order valence-corrected chi connectivity index (χ4v) is 1.03. The number of nitrogens with one attached hydrogen (secondary N) is 1.